The van der Waals surface area contributed by atoms with Crippen LogP contribution in [0, 0.1) is 0 Å². The van der Waals surface area contributed by atoms with Gasteiger partial charge in [0, 0.05) is 24.7 Å². The highest BCUT2D eigenvalue weighted by molar-refractivity contribution is 6.30. The average Bonchev–Trinajstić information content (AvgIpc) is 2.22. The molecule has 0 aromatic heterocycles. The second-order valence-corrected chi connectivity index (χ2v) is 4.46. The number of likely N-dealkylation sites (N-methyl/N-ethyl adjacent to an activating group) is 1. The van der Waals surface area contributed by atoms with Crippen LogP contribution in [0.25, 0.3) is 0 Å². The third-order valence-electron chi connectivity index (χ3n) is 2.84. The van der Waals surface area contributed by atoms with Gasteiger partial charge in [-0.05, 0) is 31.2 Å². The van der Waals surface area contributed by atoms with Gasteiger partial charge in [0.25, 0.3) is 0 Å². The van der Waals surface area contributed by atoms with Crippen molar-refractivity contribution in [1.29, 1.82) is 0 Å². The molecule has 4 heteroatoms. The zero-order chi connectivity index (χ0) is 10.8. The largest absolute Gasteiger partial charge is 0.309 e. The van der Waals surface area contributed by atoms with Gasteiger partial charge in [-0.1, -0.05) is 17.7 Å². The highest BCUT2D eigenvalue weighted by Gasteiger charge is 2.13. The van der Waals surface area contributed by atoms with Gasteiger partial charge in [-0.25, -0.2) is 5.84 Å². The zero-order valence-electron chi connectivity index (χ0n) is 8.91. The second-order valence-electron chi connectivity index (χ2n) is 4.02. The summed E-state index contributed by atoms with van der Waals surface area (Å²) in [5.41, 5.74) is 2.34. The van der Waals surface area contributed by atoms with E-state index in [-0.39, 0.29) is 0 Å². The molecule has 0 bridgehead atoms. The van der Waals surface area contributed by atoms with Crippen molar-refractivity contribution in [2.45, 2.75) is 6.42 Å². The molecule has 1 aliphatic heterocycles. The van der Waals surface area contributed by atoms with Gasteiger partial charge in [0.15, 0.2) is 0 Å². The summed E-state index contributed by atoms with van der Waals surface area (Å²) >= 11 is 5.97. The summed E-state index contributed by atoms with van der Waals surface area (Å²) in [5.74, 6) is 5.99. The molecule has 1 aliphatic rings. The standard InChI is InChI=1S/C11H16ClN3/c1-14-5-4-9-2-3-10(12)8-11(9)15(13)7-6-14/h2-3,8H,4-7,13H2,1H3. The Hall–Kier alpha value is -0.770. The molecule has 2 N–H and O–H groups in total. The minimum atomic E-state index is 0.748. The number of anilines is 1. The fourth-order valence-electron chi connectivity index (χ4n) is 1.84. The molecule has 0 amide bonds. The molecule has 0 aliphatic carbocycles. The average molecular weight is 226 g/mol. The van der Waals surface area contributed by atoms with E-state index in [4.69, 9.17) is 17.4 Å². The van der Waals surface area contributed by atoms with Gasteiger partial charge in [0.1, 0.15) is 0 Å². The van der Waals surface area contributed by atoms with Crippen LogP contribution in [0.15, 0.2) is 18.2 Å². The molecule has 0 atom stereocenters. The Morgan fingerprint density at radius 2 is 2.07 bits per heavy atom. The minimum Gasteiger partial charge on any atom is -0.309 e. The van der Waals surface area contributed by atoms with Gasteiger partial charge in [0.2, 0.25) is 0 Å². The van der Waals surface area contributed by atoms with Crippen molar-refractivity contribution in [3.8, 4) is 0 Å². The van der Waals surface area contributed by atoms with Crippen molar-refractivity contribution in [2.75, 3.05) is 31.7 Å². The van der Waals surface area contributed by atoms with E-state index in [1.165, 1.54) is 5.56 Å². The molecule has 0 unspecified atom stereocenters. The Balaban J connectivity index is 2.33. The molecule has 1 heterocycles. The lowest BCUT2D eigenvalue weighted by Gasteiger charge is -2.28. The molecule has 1 aromatic rings. The van der Waals surface area contributed by atoms with E-state index >= 15 is 0 Å². The molecule has 2 rings (SSSR count). The smallest absolute Gasteiger partial charge is 0.0565 e. The third kappa shape index (κ3) is 2.43. The summed E-state index contributed by atoms with van der Waals surface area (Å²) < 4.78 is 0. The topological polar surface area (TPSA) is 32.5 Å². The van der Waals surface area contributed by atoms with Gasteiger partial charge in [0.05, 0.1) is 5.69 Å². The van der Waals surface area contributed by atoms with Crippen LogP contribution >= 0.6 is 11.6 Å². The molecule has 0 radical (unpaired) electrons. The number of hydrazine groups is 1. The minimum absolute atomic E-state index is 0.748. The summed E-state index contributed by atoms with van der Waals surface area (Å²) in [6, 6.07) is 5.94. The Kier molecular flexibility index (Phi) is 3.14. The lowest BCUT2D eigenvalue weighted by molar-refractivity contribution is 0.339. The maximum atomic E-state index is 5.99. The zero-order valence-corrected chi connectivity index (χ0v) is 9.67. The number of rotatable bonds is 0. The van der Waals surface area contributed by atoms with Gasteiger partial charge >= 0.3 is 0 Å². The molecule has 3 nitrogen and oxygen atoms in total. The lowest BCUT2D eigenvalue weighted by Crippen LogP contribution is -2.41. The molecule has 0 saturated carbocycles. The Labute approximate surface area is 95.4 Å². The maximum Gasteiger partial charge on any atom is 0.0565 e. The fourth-order valence-corrected chi connectivity index (χ4v) is 2.00. The van der Waals surface area contributed by atoms with Crippen LogP contribution < -0.4 is 10.9 Å². The molecule has 1 aromatic carbocycles. The number of hydrogen-bond acceptors (Lipinski definition) is 3. The van der Waals surface area contributed by atoms with Crippen molar-refractivity contribution < 1.29 is 0 Å². The van der Waals surface area contributed by atoms with Gasteiger partial charge < -0.3 is 9.91 Å². The summed E-state index contributed by atoms with van der Waals surface area (Å²) in [6.07, 6.45) is 1.02. The number of hydrogen-bond donors (Lipinski definition) is 1. The van der Waals surface area contributed by atoms with E-state index in [2.05, 4.69) is 18.0 Å². The van der Waals surface area contributed by atoms with Gasteiger partial charge in [-0.3, -0.25) is 0 Å². The second kappa shape index (κ2) is 4.39. The first-order valence-corrected chi connectivity index (χ1v) is 5.54. The van der Waals surface area contributed by atoms with Crippen LogP contribution in [0.3, 0.4) is 0 Å². The SMILES string of the molecule is CN1CCc2ccc(Cl)cc2N(N)CC1. The number of fused-ring (bicyclic) bond motifs is 1. The van der Waals surface area contributed by atoms with Gasteiger partial charge in [-0.2, -0.15) is 0 Å². The summed E-state index contributed by atoms with van der Waals surface area (Å²) in [5, 5.41) is 2.54. The van der Waals surface area contributed by atoms with Crippen LogP contribution in [-0.2, 0) is 6.42 Å². The van der Waals surface area contributed by atoms with Crippen molar-refractivity contribution in [3.63, 3.8) is 0 Å². The predicted octanol–water partition coefficient (Wildman–Crippen LogP) is 1.51. The fraction of sp³-hybridized carbons (Fsp3) is 0.455. The van der Waals surface area contributed by atoms with E-state index in [0.717, 1.165) is 36.8 Å². The first kappa shape index (κ1) is 10.7. The quantitative estimate of drug-likeness (QED) is 0.680. The van der Waals surface area contributed by atoms with E-state index in [1.54, 1.807) is 5.01 Å². The molecule has 15 heavy (non-hydrogen) atoms. The number of halogens is 1. The first-order valence-electron chi connectivity index (χ1n) is 5.16. The summed E-state index contributed by atoms with van der Waals surface area (Å²) in [4.78, 5) is 2.29. The summed E-state index contributed by atoms with van der Waals surface area (Å²) in [7, 11) is 2.12. The van der Waals surface area contributed by atoms with Crippen LogP contribution in [0.2, 0.25) is 5.02 Å². The van der Waals surface area contributed by atoms with Crippen LogP contribution in [-0.4, -0.2) is 31.6 Å². The number of benzene rings is 1. The molecule has 82 valence electrons. The van der Waals surface area contributed by atoms with Crippen LogP contribution in [0.5, 0.6) is 0 Å². The van der Waals surface area contributed by atoms with E-state index in [1.807, 2.05) is 12.1 Å². The molecule has 0 spiro atoms. The predicted molar refractivity (Wildman–Crippen MR) is 64.2 cm³/mol. The van der Waals surface area contributed by atoms with Crippen molar-refractivity contribution in [2.24, 2.45) is 5.84 Å². The normalized spacial score (nSPS) is 18.2. The lowest BCUT2D eigenvalue weighted by atomic mass is 10.1. The highest BCUT2D eigenvalue weighted by Crippen LogP contribution is 2.24. The monoisotopic (exact) mass is 225 g/mol. The van der Waals surface area contributed by atoms with Crippen molar-refractivity contribution in [1.82, 2.24) is 4.90 Å². The Morgan fingerprint density at radius 3 is 2.87 bits per heavy atom. The Morgan fingerprint density at radius 1 is 1.27 bits per heavy atom. The van der Waals surface area contributed by atoms with E-state index in [9.17, 15) is 0 Å². The third-order valence-corrected chi connectivity index (χ3v) is 3.08. The van der Waals surface area contributed by atoms with Crippen LogP contribution in [0.4, 0.5) is 5.69 Å². The first-order chi connectivity index (χ1) is 7.16. The van der Waals surface area contributed by atoms with E-state index < -0.39 is 0 Å². The summed E-state index contributed by atoms with van der Waals surface area (Å²) in [6.45, 7) is 2.90. The molecule has 0 fully saturated rings. The molecular weight excluding hydrogens is 210 g/mol. The van der Waals surface area contributed by atoms with E-state index in [0.29, 0.717) is 0 Å². The number of nitrogens with two attached hydrogens (primary N) is 1. The van der Waals surface area contributed by atoms with Crippen molar-refractivity contribution in [3.05, 3.63) is 28.8 Å². The van der Waals surface area contributed by atoms with Gasteiger partial charge in [-0.15, -0.1) is 0 Å². The maximum absolute atomic E-state index is 5.99. The molecule has 0 saturated heterocycles. The highest BCUT2D eigenvalue weighted by atomic mass is 35.5. The molecular formula is C11H16ClN3. The van der Waals surface area contributed by atoms with Crippen LogP contribution in [0.1, 0.15) is 5.56 Å². The Bertz CT molecular complexity index is 354. The number of nitrogens with zero attached hydrogens (tertiary/aromatic N) is 2. The van der Waals surface area contributed by atoms with Crippen molar-refractivity contribution >= 4 is 17.3 Å².